The van der Waals surface area contributed by atoms with Crippen molar-refractivity contribution < 1.29 is 4.74 Å². The maximum atomic E-state index is 5.83. The van der Waals surface area contributed by atoms with E-state index in [0.717, 1.165) is 25.2 Å². The van der Waals surface area contributed by atoms with Crippen molar-refractivity contribution >= 4 is 32.3 Å². The van der Waals surface area contributed by atoms with Gasteiger partial charge in [-0.25, -0.2) is 0 Å². The van der Waals surface area contributed by atoms with Crippen molar-refractivity contribution in [2.75, 3.05) is 6.61 Å². The van der Waals surface area contributed by atoms with E-state index in [4.69, 9.17) is 4.74 Å². The molecule has 0 N–H and O–H groups in total. The minimum atomic E-state index is 0.777. The Morgan fingerprint density at radius 2 is 1.06 bits per heavy atom. The van der Waals surface area contributed by atoms with Crippen molar-refractivity contribution in [3.05, 3.63) is 115 Å². The predicted octanol–water partition coefficient (Wildman–Crippen LogP) is 9.97. The lowest BCUT2D eigenvalue weighted by Gasteiger charge is -2.15. The summed E-state index contributed by atoms with van der Waals surface area (Å²) in [7, 11) is 0. The molecule has 0 bridgehead atoms. The summed E-state index contributed by atoms with van der Waals surface area (Å²) >= 11 is 0. The molecular weight excluding hydrogens is 436 g/mol. The average Bonchev–Trinajstić information content (AvgIpc) is 2.94. The largest absolute Gasteiger partial charge is 0.494 e. The quantitative estimate of drug-likeness (QED) is 0.175. The highest BCUT2D eigenvalue weighted by Gasteiger charge is 2.12. The van der Waals surface area contributed by atoms with Gasteiger partial charge in [0.1, 0.15) is 5.75 Å². The van der Waals surface area contributed by atoms with Gasteiger partial charge in [-0.05, 0) is 91.7 Å². The van der Waals surface area contributed by atoms with E-state index in [-0.39, 0.29) is 0 Å². The normalized spacial score (nSPS) is 11.4. The molecule has 6 aromatic carbocycles. The van der Waals surface area contributed by atoms with Gasteiger partial charge in [-0.15, -0.1) is 0 Å². The van der Waals surface area contributed by atoms with Crippen molar-refractivity contribution in [3.63, 3.8) is 0 Å². The summed E-state index contributed by atoms with van der Waals surface area (Å²) < 4.78 is 5.83. The van der Waals surface area contributed by atoms with Crippen LogP contribution in [-0.4, -0.2) is 6.61 Å². The molecule has 0 saturated heterocycles. The molecule has 0 aliphatic heterocycles. The Labute approximate surface area is 213 Å². The lowest BCUT2D eigenvalue weighted by Crippen LogP contribution is -1.95. The molecule has 0 atom stereocenters. The van der Waals surface area contributed by atoms with Crippen molar-refractivity contribution in [1.29, 1.82) is 0 Å². The monoisotopic (exact) mass is 466 g/mol. The first kappa shape index (κ1) is 22.4. The number of unbranched alkanes of at least 4 members (excludes halogenated alkanes) is 1. The highest BCUT2D eigenvalue weighted by molar-refractivity contribution is 6.21. The molecule has 0 aliphatic rings. The fourth-order valence-electron chi connectivity index (χ4n) is 5.29. The molecule has 0 heterocycles. The van der Waals surface area contributed by atoms with Crippen LogP contribution >= 0.6 is 0 Å². The molecular formula is C35H30O. The van der Waals surface area contributed by atoms with Crippen LogP contribution in [0.2, 0.25) is 0 Å². The lowest BCUT2D eigenvalue weighted by atomic mass is 9.89. The summed E-state index contributed by atoms with van der Waals surface area (Å²) in [5.41, 5.74) is 6.25. The molecule has 0 fully saturated rings. The van der Waals surface area contributed by atoms with E-state index in [1.54, 1.807) is 0 Å². The Hall–Kier alpha value is -4.10. The fourth-order valence-corrected chi connectivity index (χ4v) is 5.29. The Morgan fingerprint density at radius 3 is 1.72 bits per heavy atom. The molecule has 0 amide bonds. The van der Waals surface area contributed by atoms with Gasteiger partial charge in [0, 0.05) is 0 Å². The maximum absolute atomic E-state index is 5.83. The smallest absolute Gasteiger partial charge is 0.119 e. The second-order valence-electron chi connectivity index (χ2n) is 9.61. The van der Waals surface area contributed by atoms with Crippen LogP contribution < -0.4 is 4.74 Å². The number of aryl methyl sites for hydroxylation is 1. The van der Waals surface area contributed by atoms with E-state index in [2.05, 4.69) is 123 Å². The highest BCUT2D eigenvalue weighted by atomic mass is 16.5. The van der Waals surface area contributed by atoms with Crippen LogP contribution in [0, 0.1) is 6.92 Å². The van der Waals surface area contributed by atoms with Gasteiger partial charge in [-0.3, -0.25) is 0 Å². The topological polar surface area (TPSA) is 9.23 Å². The first-order valence-electron chi connectivity index (χ1n) is 12.9. The molecule has 0 radical (unpaired) electrons. The first-order chi connectivity index (χ1) is 17.7. The summed E-state index contributed by atoms with van der Waals surface area (Å²) in [6, 6.07) is 39.7. The van der Waals surface area contributed by atoms with Gasteiger partial charge in [-0.2, -0.15) is 0 Å². The van der Waals surface area contributed by atoms with E-state index in [0.29, 0.717) is 0 Å². The second kappa shape index (κ2) is 9.51. The van der Waals surface area contributed by atoms with Crippen LogP contribution in [0.15, 0.2) is 109 Å². The molecule has 1 nitrogen and oxygen atoms in total. The van der Waals surface area contributed by atoms with Crippen LogP contribution in [0.3, 0.4) is 0 Å². The summed E-state index contributed by atoms with van der Waals surface area (Å²) in [6.07, 6.45) is 2.23. The number of ether oxygens (including phenoxy) is 1. The Bertz CT molecular complexity index is 1680. The van der Waals surface area contributed by atoms with E-state index >= 15 is 0 Å². The zero-order chi connectivity index (χ0) is 24.5. The Morgan fingerprint density at radius 1 is 0.528 bits per heavy atom. The number of benzene rings is 6. The van der Waals surface area contributed by atoms with Crippen molar-refractivity contribution in [2.45, 2.75) is 26.7 Å². The van der Waals surface area contributed by atoms with Crippen LogP contribution in [0.25, 0.3) is 54.6 Å². The van der Waals surface area contributed by atoms with Gasteiger partial charge in [-0.1, -0.05) is 104 Å². The number of fused-ring (bicyclic) bond motifs is 5. The minimum Gasteiger partial charge on any atom is -0.494 e. The fraction of sp³-hybridized carbons (Fsp3) is 0.143. The van der Waals surface area contributed by atoms with E-state index < -0.39 is 0 Å². The van der Waals surface area contributed by atoms with E-state index in [1.807, 2.05) is 0 Å². The van der Waals surface area contributed by atoms with Crippen LogP contribution in [0.1, 0.15) is 25.3 Å². The molecule has 36 heavy (non-hydrogen) atoms. The van der Waals surface area contributed by atoms with Crippen molar-refractivity contribution in [1.82, 2.24) is 0 Å². The minimum absolute atomic E-state index is 0.777. The van der Waals surface area contributed by atoms with Crippen molar-refractivity contribution in [3.8, 4) is 28.0 Å². The van der Waals surface area contributed by atoms with Gasteiger partial charge in [0.25, 0.3) is 0 Å². The lowest BCUT2D eigenvalue weighted by molar-refractivity contribution is 0.309. The van der Waals surface area contributed by atoms with Gasteiger partial charge in [0.15, 0.2) is 0 Å². The average molecular weight is 467 g/mol. The summed E-state index contributed by atoms with van der Waals surface area (Å²) in [6.45, 7) is 5.17. The Kier molecular flexibility index (Phi) is 5.91. The standard InChI is InChI=1S/C35H30O/c1-3-4-21-36-28-19-17-26(18-20-28)25-13-15-27(16-14-25)33-23-35-30-10-6-5-9-29(30)24(2)22-34(35)32-12-8-7-11-31(32)33/h5-20,22-23H,3-4,21H2,1-2H3. The molecule has 0 spiro atoms. The predicted molar refractivity (Wildman–Crippen MR) is 155 cm³/mol. The van der Waals surface area contributed by atoms with Crippen molar-refractivity contribution in [2.24, 2.45) is 0 Å². The summed E-state index contributed by atoms with van der Waals surface area (Å²) in [5.74, 6) is 0.939. The molecule has 6 rings (SSSR count). The molecule has 1 heteroatoms. The first-order valence-corrected chi connectivity index (χ1v) is 12.9. The third-order valence-electron chi connectivity index (χ3n) is 7.24. The third-order valence-corrected chi connectivity index (χ3v) is 7.24. The van der Waals surface area contributed by atoms with Crippen LogP contribution in [0.5, 0.6) is 5.75 Å². The molecule has 0 aliphatic carbocycles. The molecule has 176 valence electrons. The van der Waals surface area contributed by atoms with Gasteiger partial charge < -0.3 is 4.74 Å². The molecule has 0 saturated carbocycles. The maximum Gasteiger partial charge on any atom is 0.119 e. The van der Waals surface area contributed by atoms with Crippen LogP contribution in [-0.2, 0) is 0 Å². The summed E-state index contributed by atoms with van der Waals surface area (Å²) in [5, 5.41) is 7.87. The zero-order valence-corrected chi connectivity index (χ0v) is 20.9. The van der Waals surface area contributed by atoms with E-state index in [9.17, 15) is 0 Å². The summed E-state index contributed by atoms with van der Waals surface area (Å²) in [4.78, 5) is 0. The molecule has 0 unspecified atom stereocenters. The number of hydrogen-bond donors (Lipinski definition) is 0. The van der Waals surface area contributed by atoms with Gasteiger partial charge in [0.05, 0.1) is 6.61 Å². The molecule has 6 aromatic rings. The van der Waals surface area contributed by atoms with Gasteiger partial charge in [0.2, 0.25) is 0 Å². The number of hydrogen-bond acceptors (Lipinski definition) is 1. The third kappa shape index (κ3) is 4.01. The highest BCUT2D eigenvalue weighted by Crippen LogP contribution is 2.39. The Balaban J connectivity index is 1.43. The second-order valence-corrected chi connectivity index (χ2v) is 9.61. The van der Waals surface area contributed by atoms with E-state index in [1.165, 1.54) is 60.1 Å². The number of rotatable bonds is 6. The SMILES string of the molecule is CCCCOc1ccc(-c2ccc(-c3cc4c5ccccc5c(C)cc4c4ccccc34)cc2)cc1. The molecule has 0 aromatic heterocycles. The zero-order valence-electron chi connectivity index (χ0n) is 20.9. The van der Waals surface area contributed by atoms with Gasteiger partial charge >= 0.3 is 0 Å². The van der Waals surface area contributed by atoms with Crippen LogP contribution in [0.4, 0.5) is 0 Å².